The molecule has 92 valence electrons. The van der Waals surface area contributed by atoms with E-state index in [1.165, 1.54) is 19.3 Å². The molecule has 0 bridgehead atoms. The fourth-order valence-corrected chi connectivity index (χ4v) is 3.68. The van der Waals surface area contributed by atoms with E-state index in [4.69, 9.17) is 11.6 Å². The van der Waals surface area contributed by atoms with Crippen LogP contribution >= 0.6 is 22.9 Å². The number of hydrogen-bond acceptors (Lipinski definition) is 3. The summed E-state index contributed by atoms with van der Waals surface area (Å²) in [5.74, 6) is 1.41. The highest BCUT2D eigenvalue weighted by molar-refractivity contribution is 7.15. The minimum atomic E-state index is 0.576. The molecule has 1 aliphatic rings. The summed E-state index contributed by atoms with van der Waals surface area (Å²) in [4.78, 5) is 5.64. The monoisotopic (exact) mass is 269 g/mol. The Morgan fingerprint density at radius 3 is 3.29 bits per heavy atom. The molecule has 2 unspecified atom stereocenters. The van der Waals surface area contributed by atoms with E-state index in [1.807, 2.05) is 6.20 Å². The van der Waals surface area contributed by atoms with Gasteiger partial charge in [0.05, 0.1) is 5.69 Å². The molecule has 5 heteroatoms. The van der Waals surface area contributed by atoms with Gasteiger partial charge in [0.1, 0.15) is 0 Å². The number of aromatic nitrogens is 2. The van der Waals surface area contributed by atoms with Gasteiger partial charge in [0.25, 0.3) is 0 Å². The number of rotatable bonds is 4. The zero-order chi connectivity index (χ0) is 11.7. The Labute approximate surface area is 110 Å². The van der Waals surface area contributed by atoms with Gasteiger partial charge in [0.15, 0.2) is 4.96 Å². The highest BCUT2D eigenvalue weighted by Crippen LogP contribution is 2.26. The molecule has 2 aromatic heterocycles. The fourth-order valence-electron chi connectivity index (χ4n) is 2.59. The van der Waals surface area contributed by atoms with Gasteiger partial charge in [-0.2, -0.15) is 0 Å². The maximum Gasteiger partial charge on any atom is 0.193 e. The van der Waals surface area contributed by atoms with Crippen molar-refractivity contribution in [1.82, 2.24) is 14.7 Å². The van der Waals surface area contributed by atoms with Crippen LogP contribution in [0, 0.1) is 5.92 Å². The average Bonchev–Trinajstić information content (AvgIpc) is 3.00. The van der Waals surface area contributed by atoms with E-state index >= 15 is 0 Å². The second-order valence-corrected chi connectivity index (χ2v) is 5.84. The van der Waals surface area contributed by atoms with E-state index in [1.54, 1.807) is 11.3 Å². The second-order valence-electron chi connectivity index (χ2n) is 4.66. The molecular formula is C12H16ClN3S. The standard InChI is InChI=1S/C12H16ClN3S/c13-6-9-2-1-3-11(9)14-7-10-8-16-4-5-17-12(16)15-10/h4-5,8-9,11,14H,1-3,6-7H2. The summed E-state index contributed by atoms with van der Waals surface area (Å²) in [6.45, 7) is 0.854. The molecule has 1 aliphatic carbocycles. The van der Waals surface area contributed by atoms with Gasteiger partial charge in [-0.15, -0.1) is 22.9 Å². The summed E-state index contributed by atoms with van der Waals surface area (Å²) < 4.78 is 2.08. The number of thiazole rings is 1. The van der Waals surface area contributed by atoms with Gasteiger partial charge in [-0.05, 0) is 18.8 Å². The van der Waals surface area contributed by atoms with Crippen LogP contribution < -0.4 is 5.32 Å². The van der Waals surface area contributed by atoms with Crippen molar-refractivity contribution in [3.63, 3.8) is 0 Å². The van der Waals surface area contributed by atoms with Crippen molar-refractivity contribution in [3.05, 3.63) is 23.5 Å². The van der Waals surface area contributed by atoms with Crippen molar-refractivity contribution in [3.8, 4) is 0 Å². The van der Waals surface area contributed by atoms with Gasteiger partial charge in [0, 0.05) is 36.2 Å². The lowest BCUT2D eigenvalue weighted by molar-refractivity contribution is 0.428. The van der Waals surface area contributed by atoms with Crippen LogP contribution in [0.2, 0.25) is 0 Å². The SMILES string of the molecule is ClCC1CCCC1NCc1cn2ccsc2n1. The van der Waals surface area contributed by atoms with Crippen molar-refractivity contribution < 1.29 is 0 Å². The van der Waals surface area contributed by atoms with Gasteiger partial charge < -0.3 is 5.32 Å². The Bertz CT molecular complexity index is 464. The summed E-state index contributed by atoms with van der Waals surface area (Å²) in [5.41, 5.74) is 1.12. The fraction of sp³-hybridized carbons (Fsp3) is 0.583. The van der Waals surface area contributed by atoms with E-state index in [-0.39, 0.29) is 0 Å². The number of halogens is 1. The van der Waals surface area contributed by atoms with Crippen LogP contribution in [0.4, 0.5) is 0 Å². The lowest BCUT2D eigenvalue weighted by Gasteiger charge is -2.17. The molecular weight excluding hydrogens is 254 g/mol. The number of nitrogens with one attached hydrogen (secondary N) is 1. The summed E-state index contributed by atoms with van der Waals surface area (Å²) in [5, 5.41) is 5.65. The highest BCUT2D eigenvalue weighted by atomic mass is 35.5. The van der Waals surface area contributed by atoms with Gasteiger partial charge in [0.2, 0.25) is 0 Å². The van der Waals surface area contributed by atoms with Crippen molar-refractivity contribution in [2.45, 2.75) is 31.8 Å². The van der Waals surface area contributed by atoms with E-state index in [9.17, 15) is 0 Å². The molecule has 0 amide bonds. The molecule has 1 N–H and O–H groups in total. The predicted molar refractivity (Wildman–Crippen MR) is 71.8 cm³/mol. The quantitative estimate of drug-likeness (QED) is 0.865. The second kappa shape index (κ2) is 4.96. The van der Waals surface area contributed by atoms with Crippen LogP contribution in [0.5, 0.6) is 0 Å². The highest BCUT2D eigenvalue weighted by Gasteiger charge is 2.25. The smallest absolute Gasteiger partial charge is 0.193 e. The third-order valence-corrected chi connectivity index (χ3v) is 4.71. The number of nitrogens with zero attached hydrogens (tertiary/aromatic N) is 2. The van der Waals surface area contributed by atoms with Crippen molar-refractivity contribution in [2.24, 2.45) is 5.92 Å². The Balaban J connectivity index is 1.62. The van der Waals surface area contributed by atoms with Crippen LogP contribution in [0.15, 0.2) is 17.8 Å². The van der Waals surface area contributed by atoms with Gasteiger partial charge in [-0.25, -0.2) is 4.98 Å². The minimum Gasteiger partial charge on any atom is -0.308 e. The van der Waals surface area contributed by atoms with Crippen molar-refractivity contribution in [2.75, 3.05) is 5.88 Å². The molecule has 0 radical (unpaired) electrons. The lowest BCUT2D eigenvalue weighted by atomic mass is 10.1. The topological polar surface area (TPSA) is 29.3 Å². The first kappa shape index (κ1) is 11.5. The van der Waals surface area contributed by atoms with Crippen molar-refractivity contribution in [1.29, 1.82) is 0 Å². The van der Waals surface area contributed by atoms with E-state index in [2.05, 4.69) is 26.3 Å². The molecule has 2 aromatic rings. The first-order chi connectivity index (χ1) is 8.36. The zero-order valence-electron chi connectivity index (χ0n) is 9.60. The third-order valence-electron chi connectivity index (χ3n) is 3.55. The van der Waals surface area contributed by atoms with E-state index in [0.29, 0.717) is 12.0 Å². The number of alkyl halides is 1. The number of fused-ring (bicyclic) bond motifs is 1. The maximum absolute atomic E-state index is 5.97. The Morgan fingerprint density at radius 2 is 2.47 bits per heavy atom. The maximum atomic E-state index is 5.97. The summed E-state index contributed by atoms with van der Waals surface area (Å²) >= 11 is 7.65. The largest absolute Gasteiger partial charge is 0.308 e. The number of hydrogen-bond donors (Lipinski definition) is 1. The van der Waals surface area contributed by atoms with E-state index < -0.39 is 0 Å². The molecule has 2 heterocycles. The number of imidazole rings is 1. The van der Waals surface area contributed by atoms with Crippen LogP contribution in [0.1, 0.15) is 25.0 Å². The van der Waals surface area contributed by atoms with Gasteiger partial charge in [-0.3, -0.25) is 4.40 Å². The van der Waals surface area contributed by atoms with Crippen molar-refractivity contribution >= 4 is 27.9 Å². The lowest BCUT2D eigenvalue weighted by Crippen LogP contribution is -2.32. The molecule has 2 atom stereocenters. The van der Waals surface area contributed by atoms with Crippen LogP contribution in [-0.4, -0.2) is 21.3 Å². The molecule has 0 aliphatic heterocycles. The molecule has 0 spiro atoms. The Morgan fingerprint density at radius 1 is 1.53 bits per heavy atom. The normalized spacial score (nSPS) is 24.8. The molecule has 0 aromatic carbocycles. The molecule has 1 saturated carbocycles. The third kappa shape index (κ3) is 2.34. The molecule has 0 saturated heterocycles. The van der Waals surface area contributed by atoms with Gasteiger partial charge in [-0.1, -0.05) is 6.42 Å². The minimum absolute atomic E-state index is 0.576. The Hall–Kier alpha value is -0.580. The summed E-state index contributed by atoms with van der Waals surface area (Å²) in [7, 11) is 0. The van der Waals surface area contributed by atoms with Crippen LogP contribution in [0.3, 0.4) is 0 Å². The summed E-state index contributed by atoms with van der Waals surface area (Å²) in [6.07, 6.45) is 7.96. The summed E-state index contributed by atoms with van der Waals surface area (Å²) in [6, 6.07) is 0.576. The van der Waals surface area contributed by atoms with E-state index in [0.717, 1.165) is 23.1 Å². The molecule has 3 rings (SSSR count). The van der Waals surface area contributed by atoms with Crippen LogP contribution in [-0.2, 0) is 6.54 Å². The first-order valence-electron chi connectivity index (χ1n) is 6.07. The van der Waals surface area contributed by atoms with Gasteiger partial charge >= 0.3 is 0 Å². The molecule has 17 heavy (non-hydrogen) atoms. The average molecular weight is 270 g/mol. The van der Waals surface area contributed by atoms with Crippen LogP contribution in [0.25, 0.3) is 4.96 Å². The Kier molecular flexibility index (Phi) is 3.36. The zero-order valence-corrected chi connectivity index (χ0v) is 11.2. The first-order valence-corrected chi connectivity index (χ1v) is 7.48. The molecule has 1 fully saturated rings. The molecule has 3 nitrogen and oxygen atoms in total. The predicted octanol–water partition coefficient (Wildman–Crippen LogP) is 2.89.